The quantitative estimate of drug-likeness (QED) is 0.430. The molecule has 0 saturated heterocycles. The molecule has 4 N–H and O–H groups in total. The lowest BCUT2D eigenvalue weighted by Crippen LogP contribution is -2.12. The zero-order valence-corrected chi connectivity index (χ0v) is 15.9. The van der Waals surface area contributed by atoms with E-state index in [4.69, 9.17) is 11.1 Å². The maximum absolute atomic E-state index is 12.8. The van der Waals surface area contributed by atoms with E-state index in [9.17, 15) is 4.79 Å². The number of nitrogens with one attached hydrogen (secondary N) is 2. The number of benzene rings is 3. The third-order valence-corrected chi connectivity index (χ3v) is 5.60. The molecule has 0 heterocycles. The summed E-state index contributed by atoms with van der Waals surface area (Å²) in [6, 6.07) is 19.4. The van der Waals surface area contributed by atoms with Gasteiger partial charge in [-0.2, -0.15) is 0 Å². The van der Waals surface area contributed by atoms with Gasteiger partial charge in [0.05, 0.1) is 0 Å². The van der Waals surface area contributed by atoms with Gasteiger partial charge in [-0.3, -0.25) is 10.2 Å². The molecule has 0 atom stereocenters. The van der Waals surface area contributed by atoms with Gasteiger partial charge in [-0.25, -0.2) is 0 Å². The number of fused-ring (bicyclic) bond motifs is 1. The second-order valence-corrected chi connectivity index (χ2v) is 7.70. The van der Waals surface area contributed by atoms with Gasteiger partial charge in [0.2, 0.25) is 0 Å². The predicted molar refractivity (Wildman–Crippen MR) is 115 cm³/mol. The highest BCUT2D eigenvalue weighted by Crippen LogP contribution is 2.28. The van der Waals surface area contributed by atoms with Crippen molar-refractivity contribution in [2.45, 2.75) is 32.1 Å². The highest BCUT2D eigenvalue weighted by Gasteiger charge is 2.15. The lowest BCUT2D eigenvalue weighted by Gasteiger charge is -2.11. The first-order chi connectivity index (χ1) is 13.6. The molecule has 0 aliphatic heterocycles. The van der Waals surface area contributed by atoms with Crippen LogP contribution in [-0.2, 0) is 6.42 Å². The Morgan fingerprint density at radius 2 is 1.68 bits per heavy atom. The van der Waals surface area contributed by atoms with Crippen molar-refractivity contribution in [2.24, 2.45) is 11.7 Å². The smallest absolute Gasteiger partial charge is 0.255 e. The third-order valence-electron chi connectivity index (χ3n) is 5.60. The van der Waals surface area contributed by atoms with Gasteiger partial charge in [-0.1, -0.05) is 56.0 Å². The Kier molecular flexibility index (Phi) is 5.11. The first kappa shape index (κ1) is 18.2. The van der Waals surface area contributed by atoms with E-state index in [1.54, 1.807) is 0 Å². The lowest BCUT2D eigenvalue weighted by molar-refractivity contribution is 0.102. The van der Waals surface area contributed by atoms with Gasteiger partial charge < -0.3 is 11.1 Å². The molecule has 142 valence electrons. The van der Waals surface area contributed by atoms with Gasteiger partial charge in [-0.15, -0.1) is 0 Å². The molecule has 0 unspecified atom stereocenters. The average molecular weight is 371 g/mol. The van der Waals surface area contributed by atoms with Crippen molar-refractivity contribution in [3.63, 3.8) is 0 Å². The summed E-state index contributed by atoms with van der Waals surface area (Å²) in [7, 11) is 0. The second kappa shape index (κ2) is 7.85. The van der Waals surface area contributed by atoms with Gasteiger partial charge >= 0.3 is 0 Å². The van der Waals surface area contributed by atoms with E-state index in [0.29, 0.717) is 11.1 Å². The summed E-state index contributed by atoms with van der Waals surface area (Å²) in [5.74, 6) is 0.672. The standard InChI is InChI=1S/C24H25N3O/c25-23(26)19-10-8-18-9-11-20(15-21(18)14-19)24(28)27-22-7-3-6-17(13-22)12-16-4-1-2-5-16/h3,6-11,13-16H,1-2,4-5,12H2,(H3,25,26)(H,27,28). The minimum atomic E-state index is -0.131. The summed E-state index contributed by atoms with van der Waals surface area (Å²) in [6.07, 6.45) is 6.40. The number of amidine groups is 1. The molecule has 1 saturated carbocycles. The van der Waals surface area contributed by atoms with Crippen molar-refractivity contribution >= 4 is 28.2 Å². The fourth-order valence-corrected chi connectivity index (χ4v) is 4.08. The number of anilines is 1. The maximum atomic E-state index is 12.8. The van der Waals surface area contributed by atoms with Crippen LogP contribution in [0.2, 0.25) is 0 Å². The number of carbonyl (C=O) groups is 1. The van der Waals surface area contributed by atoms with Crippen LogP contribution in [0.15, 0.2) is 60.7 Å². The van der Waals surface area contributed by atoms with Crippen molar-refractivity contribution in [2.75, 3.05) is 5.32 Å². The monoisotopic (exact) mass is 371 g/mol. The largest absolute Gasteiger partial charge is 0.384 e. The molecule has 4 rings (SSSR count). The topological polar surface area (TPSA) is 79.0 Å². The minimum absolute atomic E-state index is 0.0239. The first-order valence-electron chi connectivity index (χ1n) is 9.87. The molecule has 28 heavy (non-hydrogen) atoms. The van der Waals surface area contributed by atoms with E-state index in [1.807, 2.05) is 48.5 Å². The maximum Gasteiger partial charge on any atom is 0.255 e. The molecule has 1 fully saturated rings. The number of hydrogen-bond acceptors (Lipinski definition) is 2. The first-order valence-corrected chi connectivity index (χ1v) is 9.87. The summed E-state index contributed by atoms with van der Waals surface area (Å²) in [5.41, 5.74) is 8.95. The Balaban J connectivity index is 1.52. The van der Waals surface area contributed by atoms with Crippen molar-refractivity contribution in [1.29, 1.82) is 5.41 Å². The van der Waals surface area contributed by atoms with Crippen molar-refractivity contribution in [3.05, 3.63) is 77.4 Å². The molecule has 4 heteroatoms. The van der Waals surface area contributed by atoms with Crippen LogP contribution >= 0.6 is 0 Å². The normalized spacial score (nSPS) is 14.3. The van der Waals surface area contributed by atoms with Crippen molar-refractivity contribution in [1.82, 2.24) is 0 Å². The fourth-order valence-electron chi connectivity index (χ4n) is 4.08. The second-order valence-electron chi connectivity index (χ2n) is 7.70. The van der Waals surface area contributed by atoms with Gasteiger partial charge in [0.25, 0.3) is 5.91 Å². The van der Waals surface area contributed by atoms with Gasteiger partial charge in [0.1, 0.15) is 5.84 Å². The Hall–Kier alpha value is -3.14. The molecule has 1 aliphatic rings. The van der Waals surface area contributed by atoms with Crippen LogP contribution in [0, 0.1) is 11.3 Å². The van der Waals surface area contributed by atoms with Crippen LogP contribution in [0.4, 0.5) is 5.69 Å². The molecule has 0 aromatic heterocycles. The third kappa shape index (κ3) is 4.06. The summed E-state index contributed by atoms with van der Waals surface area (Å²) >= 11 is 0. The van der Waals surface area contributed by atoms with Crippen LogP contribution in [-0.4, -0.2) is 11.7 Å². The highest BCUT2D eigenvalue weighted by molar-refractivity contribution is 6.07. The molecular formula is C24H25N3O. The SMILES string of the molecule is N=C(N)c1ccc2ccc(C(=O)Nc3cccc(CC4CCCC4)c3)cc2c1. The van der Waals surface area contributed by atoms with E-state index in [1.165, 1.54) is 31.2 Å². The Labute approximate surface area is 165 Å². The minimum Gasteiger partial charge on any atom is -0.384 e. The van der Waals surface area contributed by atoms with Crippen LogP contribution in [0.1, 0.15) is 47.2 Å². The van der Waals surface area contributed by atoms with Crippen LogP contribution in [0.5, 0.6) is 0 Å². The molecule has 3 aromatic carbocycles. The number of hydrogen-bond donors (Lipinski definition) is 3. The van der Waals surface area contributed by atoms with Gasteiger partial charge in [0.15, 0.2) is 0 Å². The van der Waals surface area contributed by atoms with Gasteiger partial charge in [-0.05, 0) is 59.0 Å². The van der Waals surface area contributed by atoms with E-state index >= 15 is 0 Å². The number of nitrogen functional groups attached to an aromatic ring is 1. The molecule has 1 aliphatic carbocycles. The Morgan fingerprint density at radius 3 is 2.43 bits per heavy atom. The average Bonchev–Trinajstić information content (AvgIpc) is 3.20. The van der Waals surface area contributed by atoms with E-state index in [-0.39, 0.29) is 11.7 Å². The summed E-state index contributed by atoms with van der Waals surface area (Å²) < 4.78 is 0. The number of carbonyl (C=O) groups excluding carboxylic acids is 1. The molecular weight excluding hydrogens is 346 g/mol. The molecule has 0 spiro atoms. The van der Waals surface area contributed by atoms with E-state index < -0.39 is 0 Å². The zero-order chi connectivity index (χ0) is 19.5. The Bertz CT molecular complexity index is 1030. The molecule has 4 nitrogen and oxygen atoms in total. The van der Waals surface area contributed by atoms with E-state index in [0.717, 1.165) is 28.8 Å². The zero-order valence-electron chi connectivity index (χ0n) is 15.9. The lowest BCUT2D eigenvalue weighted by atomic mass is 9.98. The molecule has 1 amide bonds. The fraction of sp³-hybridized carbons (Fsp3) is 0.250. The summed E-state index contributed by atoms with van der Waals surface area (Å²) in [4.78, 5) is 12.8. The number of amides is 1. The molecule has 0 bridgehead atoms. The summed E-state index contributed by atoms with van der Waals surface area (Å²) in [5, 5.41) is 12.5. The number of rotatable bonds is 5. The van der Waals surface area contributed by atoms with Crippen LogP contribution < -0.4 is 11.1 Å². The van der Waals surface area contributed by atoms with Crippen molar-refractivity contribution < 1.29 is 4.79 Å². The molecule has 3 aromatic rings. The van der Waals surface area contributed by atoms with Gasteiger partial charge in [0, 0.05) is 16.8 Å². The predicted octanol–water partition coefficient (Wildman–Crippen LogP) is 5.11. The number of nitrogens with two attached hydrogens (primary N) is 1. The van der Waals surface area contributed by atoms with Crippen LogP contribution in [0.25, 0.3) is 10.8 Å². The van der Waals surface area contributed by atoms with E-state index in [2.05, 4.69) is 17.4 Å². The highest BCUT2D eigenvalue weighted by atomic mass is 16.1. The summed E-state index contributed by atoms with van der Waals surface area (Å²) in [6.45, 7) is 0. The van der Waals surface area contributed by atoms with Crippen molar-refractivity contribution in [3.8, 4) is 0 Å². The molecule has 0 radical (unpaired) electrons. The van der Waals surface area contributed by atoms with Crippen LogP contribution in [0.3, 0.4) is 0 Å². The Morgan fingerprint density at radius 1 is 0.964 bits per heavy atom.